The molecular weight excluding hydrogens is 352 g/mol. The number of nitrogens with one attached hydrogen (secondary N) is 1. The number of nitrogens with zero attached hydrogens (tertiary/aromatic N) is 1. The first-order valence-electron chi connectivity index (χ1n) is 8.44. The number of fused-ring (bicyclic) bond motifs is 1. The molecule has 1 N–H and O–H groups in total. The van der Waals surface area contributed by atoms with Crippen molar-refractivity contribution in [2.75, 3.05) is 16.8 Å². The van der Waals surface area contributed by atoms with Crippen LogP contribution in [0, 0.1) is 0 Å². The van der Waals surface area contributed by atoms with Crippen LogP contribution in [0.2, 0.25) is 5.02 Å². The SMILES string of the molecule is CC(=O)N1CCc2ccc(NC(=O)CCC(=O)c3ccccc3Cl)cc21. The zero-order valence-corrected chi connectivity index (χ0v) is 15.2. The molecule has 5 nitrogen and oxygen atoms in total. The van der Waals surface area contributed by atoms with Gasteiger partial charge in [-0.25, -0.2) is 0 Å². The molecule has 0 spiro atoms. The Morgan fingerprint density at radius 2 is 1.88 bits per heavy atom. The number of hydrogen-bond donors (Lipinski definition) is 1. The summed E-state index contributed by atoms with van der Waals surface area (Å²) in [7, 11) is 0. The molecule has 2 aromatic carbocycles. The number of benzene rings is 2. The average molecular weight is 371 g/mol. The second-order valence-electron chi connectivity index (χ2n) is 6.22. The quantitative estimate of drug-likeness (QED) is 0.813. The van der Waals surface area contributed by atoms with E-state index in [1.54, 1.807) is 35.2 Å². The second-order valence-corrected chi connectivity index (χ2v) is 6.62. The van der Waals surface area contributed by atoms with Crippen LogP contribution in [-0.2, 0) is 16.0 Å². The topological polar surface area (TPSA) is 66.5 Å². The number of halogens is 1. The van der Waals surface area contributed by atoms with Gasteiger partial charge in [0.25, 0.3) is 0 Å². The van der Waals surface area contributed by atoms with Crippen molar-refractivity contribution in [3.05, 3.63) is 58.6 Å². The van der Waals surface area contributed by atoms with Crippen LogP contribution in [0.5, 0.6) is 0 Å². The summed E-state index contributed by atoms with van der Waals surface area (Å²) in [5, 5.41) is 3.18. The molecule has 0 unspecified atom stereocenters. The van der Waals surface area contributed by atoms with Gasteiger partial charge in [-0.3, -0.25) is 14.4 Å². The predicted octanol–water partition coefficient (Wildman–Crippen LogP) is 3.85. The highest BCUT2D eigenvalue weighted by Crippen LogP contribution is 2.31. The number of carbonyl (C=O) groups excluding carboxylic acids is 3. The molecule has 134 valence electrons. The lowest BCUT2D eigenvalue weighted by Gasteiger charge is -2.15. The molecule has 1 aliphatic rings. The van der Waals surface area contributed by atoms with Gasteiger partial charge in [-0.15, -0.1) is 0 Å². The van der Waals surface area contributed by atoms with Gasteiger partial charge in [0.1, 0.15) is 0 Å². The number of carbonyl (C=O) groups is 3. The maximum atomic E-state index is 12.2. The highest BCUT2D eigenvalue weighted by Gasteiger charge is 2.22. The van der Waals surface area contributed by atoms with Crippen molar-refractivity contribution in [2.24, 2.45) is 0 Å². The van der Waals surface area contributed by atoms with Gasteiger partial charge in [0.15, 0.2) is 5.78 Å². The van der Waals surface area contributed by atoms with Gasteiger partial charge in [-0.1, -0.05) is 29.8 Å². The summed E-state index contributed by atoms with van der Waals surface area (Å²) < 4.78 is 0. The van der Waals surface area contributed by atoms with E-state index in [1.807, 2.05) is 12.1 Å². The molecule has 0 atom stereocenters. The largest absolute Gasteiger partial charge is 0.326 e. The number of Topliss-reactive ketones (excluding diaryl/α,β-unsaturated/α-hetero) is 1. The Hall–Kier alpha value is -2.66. The van der Waals surface area contributed by atoms with E-state index >= 15 is 0 Å². The van der Waals surface area contributed by atoms with Crippen LogP contribution in [0.1, 0.15) is 35.7 Å². The Morgan fingerprint density at radius 1 is 1.12 bits per heavy atom. The minimum absolute atomic E-state index is 0.0161. The van der Waals surface area contributed by atoms with Gasteiger partial charge in [0.2, 0.25) is 11.8 Å². The second kappa shape index (κ2) is 7.70. The molecule has 26 heavy (non-hydrogen) atoms. The fourth-order valence-electron chi connectivity index (χ4n) is 3.06. The van der Waals surface area contributed by atoms with Gasteiger partial charge in [-0.05, 0) is 36.2 Å². The van der Waals surface area contributed by atoms with E-state index < -0.39 is 0 Å². The van der Waals surface area contributed by atoms with Crippen molar-refractivity contribution in [3.8, 4) is 0 Å². The fourth-order valence-corrected chi connectivity index (χ4v) is 3.30. The van der Waals surface area contributed by atoms with E-state index in [0.29, 0.717) is 22.8 Å². The highest BCUT2D eigenvalue weighted by atomic mass is 35.5. The van der Waals surface area contributed by atoms with Crippen LogP contribution in [0.15, 0.2) is 42.5 Å². The van der Waals surface area contributed by atoms with Crippen LogP contribution < -0.4 is 10.2 Å². The monoisotopic (exact) mass is 370 g/mol. The van der Waals surface area contributed by atoms with E-state index in [0.717, 1.165) is 17.7 Å². The summed E-state index contributed by atoms with van der Waals surface area (Å²) in [5.74, 6) is -0.433. The van der Waals surface area contributed by atoms with E-state index in [2.05, 4.69) is 5.32 Å². The Bertz CT molecular complexity index is 879. The molecule has 0 aromatic heterocycles. The van der Waals surface area contributed by atoms with E-state index in [4.69, 9.17) is 11.6 Å². The lowest BCUT2D eigenvalue weighted by Crippen LogP contribution is -2.25. The van der Waals surface area contributed by atoms with Crippen molar-refractivity contribution in [2.45, 2.75) is 26.2 Å². The lowest BCUT2D eigenvalue weighted by molar-refractivity contribution is -0.117. The standard InChI is InChI=1S/C20H19ClN2O3/c1-13(24)23-11-10-14-6-7-15(12-18(14)23)22-20(26)9-8-19(25)16-4-2-3-5-17(16)21/h2-7,12H,8-11H2,1H3,(H,22,26). The van der Waals surface area contributed by atoms with E-state index in [9.17, 15) is 14.4 Å². The first-order chi connectivity index (χ1) is 12.5. The fraction of sp³-hybridized carbons (Fsp3) is 0.250. The molecule has 0 radical (unpaired) electrons. The average Bonchev–Trinajstić information content (AvgIpc) is 3.03. The molecule has 1 aliphatic heterocycles. The lowest BCUT2D eigenvalue weighted by atomic mass is 10.1. The molecule has 0 aliphatic carbocycles. The molecule has 6 heteroatoms. The zero-order valence-electron chi connectivity index (χ0n) is 14.4. The molecule has 2 aromatic rings. The van der Waals surface area contributed by atoms with Gasteiger partial charge in [0.05, 0.1) is 5.02 Å². The molecule has 0 saturated heterocycles. The summed E-state index contributed by atoms with van der Waals surface area (Å²) in [6, 6.07) is 12.3. The number of rotatable bonds is 5. The van der Waals surface area contributed by atoms with Crippen molar-refractivity contribution in [3.63, 3.8) is 0 Å². The van der Waals surface area contributed by atoms with Crippen molar-refractivity contribution >= 4 is 40.6 Å². The van der Waals surface area contributed by atoms with Gasteiger partial charge >= 0.3 is 0 Å². The van der Waals surface area contributed by atoms with E-state index in [-0.39, 0.29) is 30.4 Å². The first-order valence-corrected chi connectivity index (χ1v) is 8.82. The molecule has 0 fully saturated rings. The van der Waals surface area contributed by atoms with Crippen LogP contribution in [0.3, 0.4) is 0 Å². The van der Waals surface area contributed by atoms with Crippen molar-refractivity contribution < 1.29 is 14.4 Å². The third-order valence-corrected chi connectivity index (χ3v) is 4.73. The van der Waals surface area contributed by atoms with Crippen LogP contribution in [-0.4, -0.2) is 24.1 Å². The normalized spacial score (nSPS) is 12.6. The highest BCUT2D eigenvalue weighted by molar-refractivity contribution is 6.34. The maximum absolute atomic E-state index is 12.2. The first kappa shape index (κ1) is 18.1. The Morgan fingerprint density at radius 3 is 2.62 bits per heavy atom. The van der Waals surface area contributed by atoms with Crippen LogP contribution in [0.25, 0.3) is 0 Å². The van der Waals surface area contributed by atoms with Gasteiger partial charge in [0, 0.05) is 43.2 Å². The summed E-state index contributed by atoms with van der Waals surface area (Å²) in [4.78, 5) is 37.7. The molecule has 0 saturated carbocycles. The summed E-state index contributed by atoms with van der Waals surface area (Å²) in [6.07, 6.45) is 0.965. The molecular formula is C20H19ClN2O3. The zero-order chi connectivity index (χ0) is 18.7. The third kappa shape index (κ3) is 3.94. The summed E-state index contributed by atoms with van der Waals surface area (Å²) >= 11 is 6.00. The number of anilines is 2. The number of amides is 2. The number of ketones is 1. The van der Waals surface area contributed by atoms with Gasteiger partial charge < -0.3 is 10.2 Å². The summed E-state index contributed by atoms with van der Waals surface area (Å²) in [5.41, 5.74) is 2.97. The predicted molar refractivity (Wildman–Crippen MR) is 102 cm³/mol. The van der Waals surface area contributed by atoms with E-state index in [1.165, 1.54) is 6.92 Å². The third-order valence-electron chi connectivity index (χ3n) is 4.40. The minimum Gasteiger partial charge on any atom is -0.326 e. The van der Waals surface area contributed by atoms with Crippen LogP contribution >= 0.6 is 11.6 Å². The van der Waals surface area contributed by atoms with Crippen LogP contribution in [0.4, 0.5) is 11.4 Å². The molecule has 0 bridgehead atoms. The van der Waals surface area contributed by atoms with Gasteiger partial charge in [-0.2, -0.15) is 0 Å². The maximum Gasteiger partial charge on any atom is 0.224 e. The Balaban J connectivity index is 1.61. The Labute approximate surface area is 156 Å². The minimum atomic E-state index is -0.252. The van der Waals surface area contributed by atoms with Crippen molar-refractivity contribution in [1.29, 1.82) is 0 Å². The molecule has 1 heterocycles. The summed E-state index contributed by atoms with van der Waals surface area (Å²) in [6.45, 7) is 2.19. The number of hydrogen-bond acceptors (Lipinski definition) is 3. The Kier molecular flexibility index (Phi) is 5.38. The molecule has 2 amide bonds. The smallest absolute Gasteiger partial charge is 0.224 e. The molecule has 3 rings (SSSR count). The van der Waals surface area contributed by atoms with Crippen molar-refractivity contribution in [1.82, 2.24) is 0 Å².